The highest BCUT2D eigenvalue weighted by Crippen LogP contribution is 2.24. The van der Waals surface area contributed by atoms with Gasteiger partial charge in [0.15, 0.2) is 0 Å². The van der Waals surface area contributed by atoms with Gasteiger partial charge in [-0.05, 0) is 31.4 Å². The van der Waals surface area contributed by atoms with Crippen LogP contribution in [0.1, 0.15) is 16.8 Å². The number of nitrogens with zero attached hydrogens (tertiary/aromatic N) is 1. The maximum atomic E-state index is 12.2. The lowest BCUT2D eigenvalue weighted by Gasteiger charge is -2.14. The first kappa shape index (κ1) is 15.5. The highest BCUT2D eigenvalue weighted by atomic mass is 32.2. The predicted octanol–water partition coefficient (Wildman–Crippen LogP) is 1.97. The van der Waals surface area contributed by atoms with Crippen molar-refractivity contribution < 1.29 is 9.72 Å². The van der Waals surface area contributed by atoms with Crippen LogP contribution in [0.3, 0.4) is 0 Å². The minimum Gasteiger partial charge on any atom is -0.348 e. The van der Waals surface area contributed by atoms with Crippen LogP contribution >= 0.6 is 11.8 Å². The van der Waals surface area contributed by atoms with Gasteiger partial charge in [-0.15, -0.1) is 11.8 Å². The fraction of sp³-hybridized carbons (Fsp3) is 0.357. The van der Waals surface area contributed by atoms with Gasteiger partial charge in [0.25, 0.3) is 11.6 Å². The van der Waals surface area contributed by atoms with Gasteiger partial charge in [-0.3, -0.25) is 14.9 Å². The van der Waals surface area contributed by atoms with Crippen LogP contribution in [-0.4, -0.2) is 36.7 Å². The van der Waals surface area contributed by atoms with Crippen molar-refractivity contribution >= 4 is 23.4 Å². The smallest absolute Gasteiger partial charge is 0.282 e. The molecule has 0 aliphatic carbocycles. The van der Waals surface area contributed by atoms with Crippen LogP contribution in [0, 0.1) is 10.1 Å². The van der Waals surface area contributed by atoms with Gasteiger partial charge in [-0.25, -0.2) is 0 Å². The number of carbonyl (C=O) groups excluding carboxylic acids is 1. The van der Waals surface area contributed by atoms with E-state index in [4.69, 9.17) is 0 Å². The van der Waals surface area contributed by atoms with Crippen molar-refractivity contribution in [3.63, 3.8) is 0 Å². The lowest BCUT2D eigenvalue weighted by molar-refractivity contribution is -0.385. The van der Waals surface area contributed by atoms with Crippen LogP contribution in [0.5, 0.6) is 0 Å². The summed E-state index contributed by atoms with van der Waals surface area (Å²) in [5, 5.41) is 17.0. The number of carbonyl (C=O) groups is 1. The topological polar surface area (TPSA) is 84.3 Å². The molecule has 0 bridgehead atoms. The third kappa shape index (κ3) is 4.05. The number of hydrogen-bond donors (Lipinski definition) is 2. The summed E-state index contributed by atoms with van der Waals surface area (Å²) in [6, 6.07) is 4.59. The Kier molecular flexibility index (Phi) is 5.35. The molecule has 0 unspecified atom stereocenters. The van der Waals surface area contributed by atoms with E-state index in [1.807, 2.05) is 12.3 Å². The van der Waals surface area contributed by atoms with E-state index in [2.05, 4.69) is 10.6 Å². The molecule has 1 heterocycles. The van der Waals surface area contributed by atoms with Gasteiger partial charge in [0, 0.05) is 24.1 Å². The summed E-state index contributed by atoms with van der Waals surface area (Å²) in [5.74, 6) is -0.406. The van der Waals surface area contributed by atoms with E-state index < -0.39 is 10.8 Å². The third-order valence-corrected chi connectivity index (χ3v) is 4.00. The maximum absolute atomic E-state index is 12.2. The zero-order valence-electron chi connectivity index (χ0n) is 11.7. The number of thioether (sulfide) groups is 1. The summed E-state index contributed by atoms with van der Waals surface area (Å²) in [4.78, 5) is 23.5. The van der Waals surface area contributed by atoms with Crippen molar-refractivity contribution in [2.45, 2.75) is 11.3 Å². The Morgan fingerprint density at radius 2 is 2.33 bits per heavy atom. The van der Waals surface area contributed by atoms with Gasteiger partial charge >= 0.3 is 0 Å². The fourth-order valence-electron chi connectivity index (χ4n) is 2.10. The molecule has 1 aromatic carbocycles. The van der Waals surface area contributed by atoms with Crippen molar-refractivity contribution in [3.05, 3.63) is 45.5 Å². The highest BCUT2D eigenvalue weighted by Gasteiger charge is 2.20. The molecule has 0 spiro atoms. The molecular weight excluding hydrogens is 290 g/mol. The van der Waals surface area contributed by atoms with Gasteiger partial charge in [0.1, 0.15) is 5.56 Å². The highest BCUT2D eigenvalue weighted by molar-refractivity contribution is 7.98. The van der Waals surface area contributed by atoms with E-state index in [-0.39, 0.29) is 11.3 Å². The molecular formula is C14H17N3O3S. The van der Waals surface area contributed by atoms with E-state index in [0.717, 1.165) is 30.0 Å². The van der Waals surface area contributed by atoms with Gasteiger partial charge in [-0.2, -0.15) is 0 Å². The molecule has 0 saturated carbocycles. The van der Waals surface area contributed by atoms with Crippen molar-refractivity contribution in [2.75, 3.05) is 25.9 Å². The minimum atomic E-state index is -0.525. The Morgan fingerprint density at radius 1 is 1.52 bits per heavy atom. The average Bonchev–Trinajstić information content (AvgIpc) is 2.52. The van der Waals surface area contributed by atoms with E-state index in [9.17, 15) is 14.9 Å². The second-order valence-corrected chi connectivity index (χ2v) is 5.52. The van der Waals surface area contributed by atoms with Gasteiger partial charge in [0.2, 0.25) is 0 Å². The molecule has 1 aromatic rings. The fourth-order valence-corrected chi connectivity index (χ4v) is 2.54. The molecule has 1 aliphatic rings. The van der Waals surface area contributed by atoms with Crippen LogP contribution in [-0.2, 0) is 0 Å². The lowest BCUT2D eigenvalue weighted by Crippen LogP contribution is -2.30. The van der Waals surface area contributed by atoms with Crippen molar-refractivity contribution in [1.82, 2.24) is 10.6 Å². The maximum Gasteiger partial charge on any atom is 0.282 e. The van der Waals surface area contributed by atoms with Gasteiger partial charge in [0.05, 0.1) is 4.92 Å². The molecule has 7 heteroatoms. The average molecular weight is 307 g/mol. The van der Waals surface area contributed by atoms with Crippen LogP contribution < -0.4 is 10.6 Å². The molecule has 112 valence electrons. The molecule has 1 aliphatic heterocycles. The molecule has 2 rings (SSSR count). The normalized spacial score (nSPS) is 14.4. The number of hydrogen-bond acceptors (Lipinski definition) is 5. The summed E-state index contributed by atoms with van der Waals surface area (Å²) in [6.07, 6.45) is 4.78. The van der Waals surface area contributed by atoms with Crippen LogP contribution in [0.15, 0.2) is 34.7 Å². The SMILES string of the molecule is CSc1ccc([N+](=O)[O-])c(C(=O)NCC2=CCNCC2)c1. The monoisotopic (exact) mass is 307 g/mol. The number of rotatable bonds is 5. The molecule has 0 fully saturated rings. The Morgan fingerprint density at radius 3 is 2.95 bits per heavy atom. The van der Waals surface area contributed by atoms with Crippen LogP contribution in [0.2, 0.25) is 0 Å². The van der Waals surface area contributed by atoms with Crippen molar-refractivity contribution in [3.8, 4) is 0 Å². The number of benzene rings is 1. The summed E-state index contributed by atoms with van der Waals surface area (Å²) < 4.78 is 0. The first-order valence-electron chi connectivity index (χ1n) is 6.61. The largest absolute Gasteiger partial charge is 0.348 e. The quantitative estimate of drug-likeness (QED) is 0.376. The summed E-state index contributed by atoms with van der Waals surface area (Å²) in [5.41, 5.74) is 1.09. The van der Waals surface area contributed by atoms with Crippen LogP contribution in [0.4, 0.5) is 5.69 Å². The first-order valence-corrected chi connectivity index (χ1v) is 7.83. The van der Waals surface area contributed by atoms with Crippen molar-refractivity contribution in [2.24, 2.45) is 0 Å². The number of amides is 1. The lowest BCUT2D eigenvalue weighted by atomic mass is 10.1. The zero-order valence-corrected chi connectivity index (χ0v) is 12.5. The molecule has 0 aromatic heterocycles. The summed E-state index contributed by atoms with van der Waals surface area (Å²) in [6.45, 7) is 2.12. The third-order valence-electron chi connectivity index (χ3n) is 3.28. The van der Waals surface area contributed by atoms with E-state index >= 15 is 0 Å². The molecule has 0 atom stereocenters. The Hall–Kier alpha value is -1.86. The second kappa shape index (κ2) is 7.24. The zero-order chi connectivity index (χ0) is 15.2. The molecule has 0 radical (unpaired) electrons. The first-order chi connectivity index (χ1) is 10.1. The van der Waals surface area contributed by atoms with Gasteiger partial charge < -0.3 is 10.6 Å². The van der Waals surface area contributed by atoms with E-state index in [0.29, 0.717) is 6.54 Å². The van der Waals surface area contributed by atoms with E-state index in [1.165, 1.54) is 17.8 Å². The Bertz CT molecular complexity index is 587. The standard InChI is InChI=1S/C14H17N3O3S/c1-21-11-2-3-13(17(19)20)12(8-11)14(18)16-9-10-4-6-15-7-5-10/h2-4,8,15H,5-7,9H2,1H3,(H,16,18). The van der Waals surface area contributed by atoms with E-state index in [1.54, 1.807) is 12.1 Å². The Balaban J connectivity index is 2.13. The predicted molar refractivity (Wildman–Crippen MR) is 82.8 cm³/mol. The second-order valence-electron chi connectivity index (χ2n) is 4.64. The number of nitro groups is 1. The minimum absolute atomic E-state index is 0.112. The van der Waals surface area contributed by atoms with Crippen molar-refractivity contribution in [1.29, 1.82) is 0 Å². The molecule has 21 heavy (non-hydrogen) atoms. The van der Waals surface area contributed by atoms with Gasteiger partial charge in [-0.1, -0.05) is 11.6 Å². The Labute approximate surface area is 127 Å². The van der Waals surface area contributed by atoms with Crippen LogP contribution in [0.25, 0.3) is 0 Å². The molecule has 1 amide bonds. The summed E-state index contributed by atoms with van der Waals surface area (Å²) in [7, 11) is 0. The molecule has 2 N–H and O–H groups in total. The number of nitro benzene ring substituents is 1. The number of nitrogens with one attached hydrogen (secondary N) is 2. The molecule has 0 saturated heterocycles. The molecule has 6 nitrogen and oxygen atoms in total. The summed E-state index contributed by atoms with van der Waals surface area (Å²) >= 11 is 1.44.